The molecule has 4 nitrogen and oxygen atoms in total. The molecule has 0 saturated carbocycles. The van der Waals surface area contributed by atoms with Crippen LogP contribution in [-0.2, 0) is 4.79 Å². The minimum atomic E-state index is 0.112. The third-order valence-electron chi connectivity index (χ3n) is 3.37. The van der Waals surface area contributed by atoms with Crippen molar-refractivity contribution in [2.75, 3.05) is 26.2 Å². The third-order valence-corrected chi connectivity index (χ3v) is 3.37. The average molecular weight is 261 g/mol. The highest BCUT2D eigenvalue weighted by Gasteiger charge is 2.15. The second-order valence-corrected chi connectivity index (χ2v) is 4.93. The van der Waals surface area contributed by atoms with Crippen LogP contribution in [0.3, 0.4) is 0 Å². The van der Waals surface area contributed by atoms with Gasteiger partial charge in [0.25, 0.3) is 0 Å². The first-order valence-electron chi connectivity index (χ1n) is 7.12. The molecule has 0 spiro atoms. The minimum absolute atomic E-state index is 0.112. The van der Waals surface area contributed by atoms with Crippen molar-refractivity contribution in [3.63, 3.8) is 0 Å². The van der Waals surface area contributed by atoms with Crippen LogP contribution in [0.4, 0.5) is 0 Å². The van der Waals surface area contributed by atoms with E-state index in [9.17, 15) is 4.79 Å². The highest BCUT2D eigenvalue weighted by molar-refractivity contribution is 5.76. The van der Waals surface area contributed by atoms with Crippen LogP contribution < -0.4 is 16.0 Å². The van der Waals surface area contributed by atoms with Crippen molar-refractivity contribution < 1.29 is 4.79 Å². The van der Waals surface area contributed by atoms with Crippen molar-refractivity contribution >= 4 is 5.91 Å². The van der Waals surface area contributed by atoms with E-state index in [4.69, 9.17) is 0 Å². The Kier molecular flexibility index (Phi) is 5.85. The Morgan fingerprint density at radius 2 is 1.68 bits per heavy atom. The number of carbonyl (C=O) groups is 1. The van der Waals surface area contributed by atoms with Crippen molar-refractivity contribution in [2.45, 2.75) is 25.3 Å². The molecule has 104 valence electrons. The van der Waals surface area contributed by atoms with E-state index in [2.05, 4.69) is 28.1 Å². The second kappa shape index (κ2) is 7.92. The zero-order valence-electron chi connectivity index (χ0n) is 11.3. The van der Waals surface area contributed by atoms with Gasteiger partial charge in [0.1, 0.15) is 0 Å². The van der Waals surface area contributed by atoms with Gasteiger partial charge in [-0.3, -0.25) is 4.79 Å². The number of benzene rings is 1. The molecule has 1 aliphatic rings. The molecule has 1 heterocycles. The van der Waals surface area contributed by atoms with Crippen molar-refractivity contribution in [3.8, 4) is 0 Å². The van der Waals surface area contributed by atoms with Crippen LogP contribution in [0.25, 0.3) is 0 Å². The fourth-order valence-corrected chi connectivity index (χ4v) is 2.31. The standard InChI is InChI=1S/C15H23N3O/c19-15-12-14(13-6-2-1-3-7-13)17-10-4-8-16-9-5-11-18-15/h1-3,6-7,14,16-17H,4-5,8-12H2,(H,18,19). The van der Waals surface area contributed by atoms with Gasteiger partial charge < -0.3 is 16.0 Å². The Hall–Kier alpha value is -1.39. The Bertz CT molecular complexity index is 380. The van der Waals surface area contributed by atoms with Gasteiger partial charge in [-0.1, -0.05) is 30.3 Å². The Labute approximate surface area is 115 Å². The number of rotatable bonds is 1. The van der Waals surface area contributed by atoms with E-state index in [1.54, 1.807) is 0 Å². The number of hydrogen-bond acceptors (Lipinski definition) is 3. The van der Waals surface area contributed by atoms with Crippen LogP contribution in [-0.4, -0.2) is 32.1 Å². The van der Waals surface area contributed by atoms with Gasteiger partial charge in [0.2, 0.25) is 5.91 Å². The fraction of sp³-hybridized carbons (Fsp3) is 0.533. The molecule has 4 heteroatoms. The van der Waals surface area contributed by atoms with Gasteiger partial charge >= 0.3 is 0 Å². The van der Waals surface area contributed by atoms with E-state index in [1.807, 2.05) is 18.2 Å². The van der Waals surface area contributed by atoms with Crippen molar-refractivity contribution in [3.05, 3.63) is 35.9 Å². The van der Waals surface area contributed by atoms with Crippen molar-refractivity contribution in [1.29, 1.82) is 0 Å². The predicted octanol–water partition coefficient (Wildman–Crippen LogP) is 1.21. The zero-order valence-corrected chi connectivity index (χ0v) is 11.3. The molecule has 0 aromatic heterocycles. The summed E-state index contributed by atoms with van der Waals surface area (Å²) in [5.74, 6) is 0.127. The van der Waals surface area contributed by atoms with Crippen LogP contribution in [0.15, 0.2) is 30.3 Å². The van der Waals surface area contributed by atoms with E-state index < -0.39 is 0 Å². The number of carbonyl (C=O) groups excluding carboxylic acids is 1. The maximum absolute atomic E-state index is 11.9. The molecule has 1 saturated heterocycles. The van der Waals surface area contributed by atoms with E-state index in [0.717, 1.165) is 39.0 Å². The summed E-state index contributed by atoms with van der Waals surface area (Å²) in [7, 11) is 0. The summed E-state index contributed by atoms with van der Waals surface area (Å²) in [6, 6.07) is 10.3. The molecule has 1 unspecified atom stereocenters. The van der Waals surface area contributed by atoms with Gasteiger partial charge in [0.15, 0.2) is 0 Å². The molecule has 1 amide bonds. The molecule has 0 aliphatic carbocycles. The summed E-state index contributed by atoms with van der Waals surface area (Å²) >= 11 is 0. The lowest BCUT2D eigenvalue weighted by atomic mass is 10.0. The number of nitrogens with one attached hydrogen (secondary N) is 3. The summed E-state index contributed by atoms with van der Waals surface area (Å²) in [5, 5.41) is 9.85. The lowest BCUT2D eigenvalue weighted by Gasteiger charge is -2.20. The Morgan fingerprint density at radius 3 is 2.47 bits per heavy atom. The first kappa shape index (κ1) is 14.0. The Balaban J connectivity index is 1.98. The molecule has 1 fully saturated rings. The molecule has 0 radical (unpaired) electrons. The van der Waals surface area contributed by atoms with Crippen molar-refractivity contribution in [2.24, 2.45) is 0 Å². The Morgan fingerprint density at radius 1 is 0.947 bits per heavy atom. The van der Waals surface area contributed by atoms with Gasteiger partial charge in [-0.25, -0.2) is 0 Å². The van der Waals surface area contributed by atoms with Gasteiger partial charge in [0.05, 0.1) is 0 Å². The fourth-order valence-electron chi connectivity index (χ4n) is 2.31. The van der Waals surface area contributed by atoms with Crippen LogP contribution in [0.1, 0.15) is 30.9 Å². The summed E-state index contributed by atoms with van der Waals surface area (Å²) < 4.78 is 0. The molecular formula is C15H23N3O. The summed E-state index contributed by atoms with van der Waals surface area (Å²) in [5.41, 5.74) is 1.18. The largest absolute Gasteiger partial charge is 0.356 e. The molecule has 3 N–H and O–H groups in total. The summed E-state index contributed by atoms with van der Waals surface area (Å²) in [6.07, 6.45) is 2.59. The average Bonchev–Trinajstić information content (AvgIpc) is 2.43. The highest BCUT2D eigenvalue weighted by atomic mass is 16.1. The summed E-state index contributed by atoms with van der Waals surface area (Å²) in [4.78, 5) is 11.9. The molecule has 2 rings (SSSR count). The molecule has 1 aromatic carbocycles. The minimum Gasteiger partial charge on any atom is -0.356 e. The van der Waals surface area contributed by atoms with Gasteiger partial charge in [-0.05, 0) is 38.0 Å². The van der Waals surface area contributed by atoms with E-state index in [-0.39, 0.29) is 11.9 Å². The van der Waals surface area contributed by atoms with E-state index in [1.165, 1.54) is 5.56 Å². The topological polar surface area (TPSA) is 53.2 Å². The monoisotopic (exact) mass is 261 g/mol. The first-order chi connectivity index (χ1) is 9.36. The normalized spacial score (nSPS) is 22.9. The third kappa shape index (κ3) is 5.01. The quantitative estimate of drug-likeness (QED) is 0.712. The highest BCUT2D eigenvalue weighted by Crippen LogP contribution is 2.16. The number of hydrogen-bond donors (Lipinski definition) is 3. The van der Waals surface area contributed by atoms with Crippen LogP contribution in [0.2, 0.25) is 0 Å². The molecule has 1 atom stereocenters. The maximum Gasteiger partial charge on any atom is 0.221 e. The second-order valence-electron chi connectivity index (χ2n) is 4.93. The van der Waals surface area contributed by atoms with Gasteiger partial charge in [0, 0.05) is 19.0 Å². The van der Waals surface area contributed by atoms with E-state index >= 15 is 0 Å². The lowest BCUT2D eigenvalue weighted by molar-refractivity contribution is -0.121. The van der Waals surface area contributed by atoms with Gasteiger partial charge in [-0.15, -0.1) is 0 Å². The maximum atomic E-state index is 11.9. The lowest BCUT2D eigenvalue weighted by Crippen LogP contribution is -2.34. The van der Waals surface area contributed by atoms with Crippen LogP contribution in [0, 0.1) is 0 Å². The zero-order chi connectivity index (χ0) is 13.3. The van der Waals surface area contributed by atoms with Crippen LogP contribution >= 0.6 is 0 Å². The molecule has 19 heavy (non-hydrogen) atoms. The molecular weight excluding hydrogens is 238 g/mol. The predicted molar refractivity (Wildman–Crippen MR) is 76.9 cm³/mol. The summed E-state index contributed by atoms with van der Waals surface area (Å²) in [6.45, 7) is 3.69. The SMILES string of the molecule is O=C1CC(c2ccccc2)NCCCNCCCN1. The van der Waals surface area contributed by atoms with Crippen LogP contribution in [0.5, 0.6) is 0 Å². The number of amides is 1. The smallest absolute Gasteiger partial charge is 0.221 e. The van der Waals surface area contributed by atoms with Crippen molar-refractivity contribution in [1.82, 2.24) is 16.0 Å². The first-order valence-corrected chi connectivity index (χ1v) is 7.12. The molecule has 0 bridgehead atoms. The van der Waals surface area contributed by atoms with Gasteiger partial charge in [-0.2, -0.15) is 0 Å². The molecule has 1 aromatic rings. The molecule has 1 aliphatic heterocycles. The van der Waals surface area contributed by atoms with E-state index in [0.29, 0.717) is 6.42 Å².